The number of thioether (sulfide) groups is 1. The summed E-state index contributed by atoms with van der Waals surface area (Å²) in [7, 11) is 0. The van der Waals surface area contributed by atoms with E-state index in [9.17, 15) is 20.0 Å². The first-order valence-electron chi connectivity index (χ1n) is 7.51. The largest absolute Gasteiger partial charge is 0.445 e. The van der Waals surface area contributed by atoms with Crippen LogP contribution < -0.4 is 0 Å². The first kappa shape index (κ1) is 18.9. The number of carbonyl (C=O) groups is 1. The van der Waals surface area contributed by atoms with Gasteiger partial charge in [0.05, 0.1) is 10.4 Å². The second-order valence-corrected chi connectivity index (χ2v) is 7.69. The number of rotatable bonds is 6. The van der Waals surface area contributed by atoms with E-state index in [1.165, 1.54) is 23.9 Å². The monoisotopic (exact) mass is 372 g/mol. The van der Waals surface area contributed by atoms with Crippen molar-refractivity contribution in [3.05, 3.63) is 39.9 Å². The molecule has 132 valence electrons. The molecule has 1 saturated heterocycles. The highest BCUT2D eigenvalue weighted by Gasteiger charge is 2.34. The van der Waals surface area contributed by atoms with Gasteiger partial charge in [-0.15, -0.1) is 11.8 Å². The van der Waals surface area contributed by atoms with Gasteiger partial charge in [-0.1, -0.05) is 0 Å². The third-order valence-corrected chi connectivity index (χ3v) is 5.10. The van der Waals surface area contributed by atoms with Crippen LogP contribution in [0, 0.1) is 10.1 Å². The number of nitrogens with zero attached hydrogens (tertiary/aromatic N) is 2. The highest BCUT2D eigenvalue weighted by molar-refractivity contribution is 7.99. The van der Waals surface area contributed by atoms with Crippen molar-refractivity contribution >= 4 is 36.2 Å². The summed E-state index contributed by atoms with van der Waals surface area (Å²) < 4.78 is 5.31. The Morgan fingerprint density at radius 1 is 1.54 bits per heavy atom. The minimum Gasteiger partial charge on any atom is -0.445 e. The van der Waals surface area contributed by atoms with Gasteiger partial charge in [-0.05, 0) is 31.0 Å². The first-order chi connectivity index (χ1) is 11.4. The maximum Gasteiger partial charge on any atom is 0.410 e. The molecule has 3 atom stereocenters. The second kappa shape index (κ2) is 8.59. The van der Waals surface area contributed by atoms with Crippen molar-refractivity contribution < 1.29 is 19.6 Å². The molecule has 1 fully saturated rings. The quantitative estimate of drug-likeness (QED) is 0.345. The van der Waals surface area contributed by atoms with Crippen molar-refractivity contribution in [3.8, 4) is 0 Å². The Bertz CT molecular complexity index is 582. The van der Waals surface area contributed by atoms with Gasteiger partial charge in [0.15, 0.2) is 0 Å². The summed E-state index contributed by atoms with van der Waals surface area (Å²) in [6.45, 7) is 2.25. The van der Waals surface area contributed by atoms with Gasteiger partial charge >= 0.3 is 6.09 Å². The van der Waals surface area contributed by atoms with Gasteiger partial charge in [-0.25, -0.2) is 4.79 Å². The number of amides is 1. The van der Waals surface area contributed by atoms with Crippen LogP contribution in [0.1, 0.15) is 18.9 Å². The molecule has 1 aromatic carbocycles. The van der Waals surface area contributed by atoms with Gasteiger partial charge in [-0.3, -0.25) is 10.1 Å². The number of ether oxygens (including phenoxy) is 1. The van der Waals surface area contributed by atoms with E-state index in [0.717, 1.165) is 6.42 Å². The summed E-state index contributed by atoms with van der Waals surface area (Å²) >= 11 is 5.81. The molecule has 1 N–H and O–H groups in total. The fraction of sp³-hybridized carbons (Fsp3) is 0.533. The SMILES string of the molecule is CC(O)SC[C@@H]1C[C@H](S)CN1C(=O)OCc1ccc([N+](=O)[O-])cc1. The minimum absolute atomic E-state index is 0.00209. The van der Waals surface area contributed by atoms with Crippen molar-refractivity contribution in [2.45, 2.75) is 36.7 Å². The Morgan fingerprint density at radius 2 is 2.21 bits per heavy atom. The first-order valence-corrected chi connectivity index (χ1v) is 9.07. The number of benzene rings is 1. The van der Waals surface area contributed by atoms with Gasteiger partial charge in [-0.2, -0.15) is 12.6 Å². The Morgan fingerprint density at radius 3 is 2.79 bits per heavy atom. The number of hydrogen-bond acceptors (Lipinski definition) is 7. The summed E-state index contributed by atoms with van der Waals surface area (Å²) in [4.78, 5) is 24.1. The summed E-state index contributed by atoms with van der Waals surface area (Å²) in [6, 6.07) is 5.88. The zero-order valence-electron chi connectivity index (χ0n) is 13.2. The van der Waals surface area contributed by atoms with E-state index < -0.39 is 16.5 Å². The number of aliphatic hydroxyl groups is 1. The minimum atomic E-state index is -0.484. The summed E-state index contributed by atoms with van der Waals surface area (Å²) in [6.07, 6.45) is 0.330. The Kier molecular flexibility index (Phi) is 6.76. The molecule has 2 rings (SSSR count). The van der Waals surface area contributed by atoms with E-state index in [2.05, 4.69) is 12.6 Å². The van der Waals surface area contributed by atoms with Crippen LogP contribution in [0.2, 0.25) is 0 Å². The summed E-state index contributed by atoms with van der Waals surface area (Å²) in [5.74, 6) is 0.626. The molecule has 1 aliphatic heterocycles. The van der Waals surface area contributed by atoms with E-state index >= 15 is 0 Å². The average molecular weight is 372 g/mol. The Labute approximate surface area is 149 Å². The lowest BCUT2D eigenvalue weighted by molar-refractivity contribution is -0.384. The van der Waals surface area contributed by atoms with E-state index in [-0.39, 0.29) is 23.6 Å². The molecule has 1 aliphatic rings. The fourth-order valence-corrected chi connectivity index (χ4v) is 3.70. The van der Waals surface area contributed by atoms with Crippen LogP contribution in [0.15, 0.2) is 24.3 Å². The number of nitro groups is 1. The van der Waals surface area contributed by atoms with Crippen LogP contribution in [-0.2, 0) is 11.3 Å². The summed E-state index contributed by atoms with van der Waals surface area (Å²) in [5, 5.41) is 20.1. The molecule has 0 bridgehead atoms. The molecule has 1 amide bonds. The molecule has 0 radical (unpaired) electrons. The zero-order chi connectivity index (χ0) is 17.7. The normalized spacial score (nSPS) is 21.5. The molecule has 24 heavy (non-hydrogen) atoms. The number of carbonyl (C=O) groups excluding carboxylic acids is 1. The van der Waals surface area contributed by atoms with E-state index in [1.54, 1.807) is 24.0 Å². The lowest BCUT2D eigenvalue weighted by Gasteiger charge is -2.24. The van der Waals surface area contributed by atoms with Crippen molar-refractivity contribution in [3.63, 3.8) is 0 Å². The van der Waals surface area contributed by atoms with Crippen molar-refractivity contribution in [2.75, 3.05) is 12.3 Å². The third kappa shape index (κ3) is 5.29. The molecule has 1 unspecified atom stereocenters. The van der Waals surface area contributed by atoms with Gasteiger partial charge < -0.3 is 14.7 Å². The molecule has 0 aromatic heterocycles. The van der Waals surface area contributed by atoms with E-state index in [1.807, 2.05) is 0 Å². The van der Waals surface area contributed by atoms with E-state index in [0.29, 0.717) is 17.9 Å². The number of non-ortho nitro benzene ring substituents is 1. The third-order valence-electron chi connectivity index (χ3n) is 3.67. The van der Waals surface area contributed by atoms with Crippen LogP contribution in [0.3, 0.4) is 0 Å². The molecule has 1 aromatic rings. The van der Waals surface area contributed by atoms with Crippen LogP contribution in [0.5, 0.6) is 0 Å². The summed E-state index contributed by atoms with van der Waals surface area (Å²) in [5.41, 5.74) is 0.199. The molecule has 1 heterocycles. The molecular weight excluding hydrogens is 352 g/mol. The van der Waals surface area contributed by atoms with Crippen molar-refractivity contribution in [1.82, 2.24) is 4.90 Å². The zero-order valence-corrected chi connectivity index (χ0v) is 14.9. The smallest absolute Gasteiger partial charge is 0.410 e. The standard InChI is InChI=1S/C15H20N2O5S2/c1-10(18)24-9-13-6-14(23)7-16(13)15(19)22-8-11-2-4-12(5-3-11)17(20)21/h2-5,10,13-14,18,23H,6-9H2,1H3/t10?,13-,14-/m0/s1. The van der Waals surface area contributed by atoms with Gasteiger partial charge in [0.2, 0.25) is 0 Å². The van der Waals surface area contributed by atoms with Crippen molar-refractivity contribution in [1.29, 1.82) is 0 Å². The number of nitro benzene ring substituents is 1. The Balaban J connectivity index is 1.89. The van der Waals surface area contributed by atoms with E-state index in [4.69, 9.17) is 4.74 Å². The van der Waals surface area contributed by atoms with Gasteiger partial charge in [0, 0.05) is 35.7 Å². The number of thiol groups is 1. The Hall–Kier alpha value is -1.45. The van der Waals surface area contributed by atoms with Crippen LogP contribution in [-0.4, -0.2) is 50.0 Å². The molecule has 0 aliphatic carbocycles. The number of aliphatic hydroxyl groups excluding tert-OH is 1. The maximum atomic E-state index is 12.3. The fourth-order valence-electron chi connectivity index (χ4n) is 2.47. The lowest BCUT2D eigenvalue weighted by atomic mass is 10.2. The maximum absolute atomic E-state index is 12.3. The van der Waals surface area contributed by atoms with Gasteiger partial charge in [0.1, 0.15) is 6.61 Å². The molecule has 0 spiro atoms. The van der Waals surface area contributed by atoms with Crippen molar-refractivity contribution in [2.24, 2.45) is 0 Å². The molecular formula is C15H20N2O5S2. The van der Waals surface area contributed by atoms with Crippen LogP contribution in [0.25, 0.3) is 0 Å². The average Bonchev–Trinajstić information content (AvgIpc) is 2.92. The topological polar surface area (TPSA) is 92.9 Å². The number of likely N-dealkylation sites (tertiary alicyclic amines) is 1. The highest BCUT2D eigenvalue weighted by Crippen LogP contribution is 2.26. The molecule has 9 heteroatoms. The lowest BCUT2D eigenvalue weighted by Crippen LogP contribution is -2.37. The van der Waals surface area contributed by atoms with Crippen LogP contribution in [0.4, 0.5) is 10.5 Å². The van der Waals surface area contributed by atoms with Gasteiger partial charge in [0.25, 0.3) is 5.69 Å². The number of hydrogen-bond donors (Lipinski definition) is 2. The predicted octanol–water partition coefficient (Wildman–Crippen LogP) is 2.68. The molecule has 0 saturated carbocycles. The van der Waals surface area contributed by atoms with Crippen LogP contribution >= 0.6 is 24.4 Å². The highest BCUT2D eigenvalue weighted by atomic mass is 32.2. The predicted molar refractivity (Wildman–Crippen MR) is 95.3 cm³/mol. The second-order valence-electron chi connectivity index (χ2n) is 5.61. The molecule has 7 nitrogen and oxygen atoms in total.